The Balaban J connectivity index is 2.12. The summed E-state index contributed by atoms with van der Waals surface area (Å²) in [6.07, 6.45) is -11.6. The van der Waals surface area contributed by atoms with Crippen molar-refractivity contribution in [1.82, 2.24) is 19.6 Å². The zero-order valence-electron chi connectivity index (χ0n) is 29.6. The molecule has 1 aliphatic carbocycles. The molecule has 1 unspecified atom stereocenters. The number of halogens is 6. The van der Waals surface area contributed by atoms with Gasteiger partial charge in [0.1, 0.15) is 29.4 Å². The fraction of sp³-hybridized carbons (Fsp3) is 0.767. The molecule has 0 amide bonds. The highest BCUT2D eigenvalue weighted by Gasteiger charge is 2.42. The Morgan fingerprint density at radius 3 is 2.28 bits per heavy atom. The third-order valence-electron chi connectivity index (χ3n) is 7.64. The monoisotopic (exact) mass is 703 g/mol. The average Bonchev–Trinajstić information content (AvgIpc) is 3.71. The lowest BCUT2D eigenvalue weighted by Crippen LogP contribution is -2.47. The van der Waals surface area contributed by atoms with E-state index in [4.69, 9.17) is 22.9 Å². The van der Waals surface area contributed by atoms with Crippen LogP contribution < -0.4 is 15.8 Å². The molecule has 0 saturated heterocycles. The molecule has 16 heteroatoms. The largest absolute Gasteiger partial charge is 0.598 e. The molecule has 46 heavy (non-hydrogen) atoms. The van der Waals surface area contributed by atoms with Gasteiger partial charge in [-0.05, 0) is 77.1 Å². The lowest BCUT2D eigenvalue weighted by atomic mass is 10.0. The quantitative estimate of drug-likeness (QED) is 0.0771. The van der Waals surface area contributed by atoms with Crippen molar-refractivity contribution in [2.45, 2.75) is 127 Å². The molecule has 1 aliphatic rings. The van der Waals surface area contributed by atoms with Gasteiger partial charge in [-0.1, -0.05) is 25.7 Å². The van der Waals surface area contributed by atoms with Crippen molar-refractivity contribution in [3.8, 4) is 0 Å². The maximum atomic E-state index is 13.6. The van der Waals surface area contributed by atoms with E-state index in [-0.39, 0.29) is 18.5 Å². The highest BCUT2D eigenvalue weighted by Crippen LogP contribution is 2.42. The van der Waals surface area contributed by atoms with Crippen LogP contribution >= 0.6 is 0 Å². The van der Waals surface area contributed by atoms with Crippen LogP contribution in [-0.4, -0.2) is 70.6 Å². The average molecular weight is 704 g/mol. The smallest absolute Gasteiger partial charge is 0.414 e. The fourth-order valence-corrected chi connectivity index (χ4v) is 6.20. The summed E-state index contributed by atoms with van der Waals surface area (Å²) >= 11 is -1.76. The van der Waals surface area contributed by atoms with E-state index in [0.717, 1.165) is 13.0 Å². The molecule has 1 saturated carbocycles. The SMILES string of the molecule is [2H]C([2H])(N[C@@H](c1ccc2c(c1)nc([C@@H](N[S@+]([O-])C(C)(C)C)[C@@H](C)O[C@H](C)C(F)(F)F)n2COCC[Si](C)(C)C)C1CC1)C(N)C(F)(F)F. The molecule has 0 aliphatic heterocycles. The van der Waals surface area contributed by atoms with Crippen LogP contribution in [0, 0.1) is 5.92 Å². The minimum Gasteiger partial charge on any atom is -0.598 e. The number of benzene rings is 1. The maximum Gasteiger partial charge on any atom is 0.414 e. The summed E-state index contributed by atoms with van der Waals surface area (Å²) in [5.41, 5.74) is 6.58. The molecule has 6 atom stereocenters. The van der Waals surface area contributed by atoms with Gasteiger partial charge < -0.3 is 29.6 Å². The molecule has 1 heterocycles. The summed E-state index contributed by atoms with van der Waals surface area (Å²) in [7, 11) is -1.48. The summed E-state index contributed by atoms with van der Waals surface area (Å²) < 4.78 is 126. The molecule has 0 bridgehead atoms. The van der Waals surface area contributed by atoms with Gasteiger partial charge in [-0.3, -0.25) is 0 Å². The van der Waals surface area contributed by atoms with Crippen LogP contribution in [0.25, 0.3) is 11.0 Å². The minimum atomic E-state index is -4.98. The molecule has 2 aromatic rings. The molecule has 1 aromatic heterocycles. The maximum absolute atomic E-state index is 13.6. The van der Waals surface area contributed by atoms with E-state index in [2.05, 4.69) is 29.7 Å². The number of nitrogens with one attached hydrogen (secondary N) is 2. The van der Waals surface area contributed by atoms with Crippen LogP contribution in [0.4, 0.5) is 26.3 Å². The Hall–Kier alpha value is -1.40. The second-order valence-corrected chi connectivity index (χ2v) is 21.7. The van der Waals surface area contributed by atoms with E-state index in [1.807, 2.05) is 0 Å². The van der Waals surface area contributed by atoms with Gasteiger partial charge >= 0.3 is 12.4 Å². The predicted octanol–water partition coefficient (Wildman–Crippen LogP) is 6.73. The Kier molecular flexibility index (Phi) is 11.7. The summed E-state index contributed by atoms with van der Waals surface area (Å²) in [5, 5.41) is 2.49. The third-order valence-corrected chi connectivity index (χ3v) is 10.9. The second-order valence-electron chi connectivity index (χ2n) is 14.1. The first-order valence-corrected chi connectivity index (χ1v) is 20.2. The summed E-state index contributed by atoms with van der Waals surface area (Å²) in [4.78, 5) is 4.77. The molecule has 3 rings (SSSR count). The van der Waals surface area contributed by atoms with Crippen molar-refractivity contribution in [3.63, 3.8) is 0 Å². The number of ether oxygens (including phenoxy) is 2. The van der Waals surface area contributed by atoms with Crippen molar-refractivity contribution in [1.29, 1.82) is 0 Å². The fourth-order valence-electron chi connectivity index (χ4n) is 4.56. The van der Waals surface area contributed by atoms with Gasteiger partial charge in [0.15, 0.2) is 6.10 Å². The molecule has 8 nitrogen and oxygen atoms in total. The van der Waals surface area contributed by atoms with Gasteiger partial charge in [0, 0.05) is 41.3 Å². The van der Waals surface area contributed by atoms with E-state index >= 15 is 0 Å². The normalized spacial score (nSPS) is 20.2. The molecular weight excluding hydrogens is 653 g/mol. The third kappa shape index (κ3) is 11.1. The van der Waals surface area contributed by atoms with Gasteiger partial charge in [-0.2, -0.15) is 26.3 Å². The van der Waals surface area contributed by atoms with Crippen LogP contribution in [0.15, 0.2) is 18.2 Å². The number of imidazole rings is 1. The lowest BCUT2D eigenvalue weighted by molar-refractivity contribution is -0.227. The molecular formula is C30H49F6N5O3SSi. The zero-order chi connectivity index (χ0) is 36.6. The Morgan fingerprint density at radius 2 is 1.76 bits per heavy atom. The molecule has 1 fully saturated rings. The summed E-state index contributed by atoms with van der Waals surface area (Å²) in [5.74, 6) is 0.0466. The molecule has 0 radical (unpaired) electrons. The first-order valence-electron chi connectivity index (χ1n) is 16.3. The van der Waals surface area contributed by atoms with Crippen LogP contribution in [0.1, 0.15) is 73.7 Å². The Bertz CT molecular complexity index is 1370. The Morgan fingerprint density at radius 1 is 1.13 bits per heavy atom. The number of nitrogens with zero attached hydrogens (tertiary/aromatic N) is 2. The summed E-state index contributed by atoms with van der Waals surface area (Å²) in [6.45, 7) is 11.4. The van der Waals surface area contributed by atoms with Crippen LogP contribution in [0.5, 0.6) is 0 Å². The van der Waals surface area contributed by atoms with E-state index in [0.29, 0.717) is 36.0 Å². The van der Waals surface area contributed by atoms with Crippen molar-refractivity contribution in [3.05, 3.63) is 29.6 Å². The number of hydrogen-bond donors (Lipinski definition) is 3. The number of fused-ring (bicyclic) bond motifs is 1. The van der Waals surface area contributed by atoms with Crippen molar-refractivity contribution in [2.24, 2.45) is 11.7 Å². The molecule has 264 valence electrons. The van der Waals surface area contributed by atoms with Gasteiger partial charge in [0.05, 0.1) is 17.1 Å². The van der Waals surface area contributed by atoms with E-state index < -0.39 is 73.4 Å². The number of hydrogen-bond acceptors (Lipinski definition) is 7. The van der Waals surface area contributed by atoms with E-state index in [9.17, 15) is 30.9 Å². The first kappa shape index (κ1) is 35.9. The van der Waals surface area contributed by atoms with Gasteiger partial charge in [-0.15, -0.1) is 4.72 Å². The highest BCUT2D eigenvalue weighted by atomic mass is 32.2. The number of aromatic nitrogens is 2. The topological polar surface area (TPSA) is 109 Å². The van der Waals surface area contributed by atoms with Gasteiger partial charge in [0.2, 0.25) is 0 Å². The Labute approximate surface area is 274 Å². The lowest BCUT2D eigenvalue weighted by Gasteiger charge is -2.32. The van der Waals surface area contributed by atoms with E-state index in [1.165, 1.54) is 6.92 Å². The first-order chi connectivity index (χ1) is 21.7. The number of alkyl halides is 6. The number of rotatable bonds is 16. The zero-order valence-corrected chi connectivity index (χ0v) is 29.4. The predicted molar refractivity (Wildman–Crippen MR) is 171 cm³/mol. The minimum absolute atomic E-state index is 0.0369. The molecule has 0 spiro atoms. The van der Waals surface area contributed by atoms with Crippen LogP contribution in [-0.2, 0) is 27.6 Å². The second kappa shape index (κ2) is 15.0. The van der Waals surface area contributed by atoms with Crippen molar-refractivity contribution < 1.29 is 43.1 Å². The summed E-state index contributed by atoms with van der Waals surface area (Å²) in [6, 6.07) is 1.07. The number of nitrogens with two attached hydrogens (primary N) is 1. The van der Waals surface area contributed by atoms with Gasteiger partial charge in [0.25, 0.3) is 0 Å². The van der Waals surface area contributed by atoms with Crippen LogP contribution in [0.3, 0.4) is 0 Å². The van der Waals surface area contributed by atoms with Crippen LogP contribution in [0.2, 0.25) is 25.7 Å². The highest BCUT2D eigenvalue weighted by molar-refractivity contribution is 7.90. The van der Waals surface area contributed by atoms with E-state index in [1.54, 1.807) is 43.5 Å². The standard InChI is InChI=1S/C30H49F6N5O3SSi/c1-18(44-19(2)29(31,32)33)25(40-45(42)28(3,4)5)27-39-22-15-21(26(20-9-10-20)38-16-24(37)30(34,35)36)11-12-23(22)41(27)17-43-13-14-46(6,7)8/h11-12,15,18-20,24-26,38,40H,9-10,13-14,16-17,37H2,1-8H3/t18-,19-,24?,25+,26-,45-/m1/s1/i16D2. The molecule has 1 aromatic carbocycles. The van der Waals surface area contributed by atoms with Gasteiger partial charge in [-0.25, -0.2) is 4.98 Å². The van der Waals surface area contributed by atoms with Crippen molar-refractivity contribution in [2.75, 3.05) is 13.1 Å². The van der Waals surface area contributed by atoms with Crippen molar-refractivity contribution >= 4 is 30.5 Å². The molecule has 4 N–H and O–H groups in total.